The molecular weight excluding hydrogens is 372 g/mol. The van der Waals surface area contributed by atoms with E-state index in [9.17, 15) is 0 Å². The second-order valence-electron chi connectivity index (χ2n) is 3.91. The van der Waals surface area contributed by atoms with E-state index in [4.69, 9.17) is 0 Å². The summed E-state index contributed by atoms with van der Waals surface area (Å²) in [6.45, 7) is 2.97. The Bertz CT molecular complexity index is 540. The Morgan fingerprint density at radius 2 is 1.89 bits per heavy atom. The van der Waals surface area contributed by atoms with Gasteiger partial charge in [-0.1, -0.05) is 13.0 Å². The van der Waals surface area contributed by atoms with Gasteiger partial charge in [0.15, 0.2) is 0 Å². The summed E-state index contributed by atoms with van der Waals surface area (Å²) in [7, 11) is 0. The number of aromatic nitrogens is 2. The SMILES string of the molecule is CCCNc1nccc(Nc2c(Br)cccc2Br)n1. The monoisotopic (exact) mass is 384 g/mol. The molecule has 2 N–H and O–H groups in total. The molecule has 0 unspecified atom stereocenters. The normalized spacial score (nSPS) is 10.3. The van der Waals surface area contributed by atoms with Gasteiger partial charge in [-0.3, -0.25) is 0 Å². The summed E-state index contributed by atoms with van der Waals surface area (Å²) in [5, 5.41) is 6.44. The molecule has 6 heteroatoms. The van der Waals surface area contributed by atoms with Crippen LogP contribution in [0, 0.1) is 0 Å². The Morgan fingerprint density at radius 1 is 1.16 bits per heavy atom. The van der Waals surface area contributed by atoms with Crippen molar-refractivity contribution in [3.8, 4) is 0 Å². The van der Waals surface area contributed by atoms with E-state index >= 15 is 0 Å². The molecule has 0 aliphatic heterocycles. The number of hydrogen-bond acceptors (Lipinski definition) is 4. The van der Waals surface area contributed by atoms with Gasteiger partial charge >= 0.3 is 0 Å². The van der Waals surface area contributed by atoms with Gasteiger partial charge in [-0.25, -0.2) is 4.98 Å². The lowest BCUT2D eigenvalue weighted by molar-refractivity contribution is 0.953. The molecular formula is C13H14Br2N4. The summed E-state index contributed by atoms with van der Waals surface area (Å²) >= 11 is 7.03. The van der Waals surface area contributed by atoms with Crippen LogP contribution in [0.2, 0.25) is 0 Å². The van der Waals surface area contributed by atoms with Crippen molar-refractivity contribution >= 4 is 49.3 Å². The molecule has 0 saturated carbocycles. The summed E-state index contributed by atoms with van der Waals surface area (Å²) in [6.07, 6.45) is 2.77. The first-order valence-corrected chi connectivity index (χ1v) is 7.57. The maximum absolute atomic E-state index is 4.41. The van der Waals surface area contributed by atoms with E-state index in [1.54, 1.807) is 6.20 Å². The molecule has 0 fully saturated rings. The van der Waals surface area contributed by atoms with E-state index in [1.807, 2.05) is 24.3 Å². The van der Waals surface area contributed by atoms with E-state index in [0.717, 1.165) is 33.4 Å². The second-order valence-corrected chi connectivity index (χ2v) is 5.62. The number of nitrogens with zero attached hydrogens (tertiary/aromatic N) is 2. The van der Waals surface area contributed by atoms with Crippen LogP contribution in [-0.4, -0.2) is 16.5 Å². The second kappa shape index (κ2) is 6.86. The minimum Gasteiger partial charge on any atom is -0.354 e. The molecule has 1 heterocycles. The number of halogens is 2. The van der Waals surface area contributed by atoms with Crippen LogP contribution in [0.3, 0.4) is 0 Å². The first-order valence-electron chi connectivity index (χ1n) is 5.98. The average molecular weight is 386 g/mol. The maximum atomic E-state index is 4.41. The Balaban J connectivity index is 2.19. The first-order chi connectivity index (χ1) is 9.20. The predicted octanol–water partition coefficient (Wildman–Crippen LogP) is 4.57. The van der Waals surface area contributed by atoms with Gasteiger partial charge in [0, 0.05) is 21.7 Å². The van der Waals surface area contributed by atoms with Crippen molar-refractivity contribution in [1.82, 2.24) is 9.97 Å². The van der Waals surface area contributed by atoms with Crippen molar-refractivity contribution < 1.29 is 0 Å². The third-order valence-electron chi connectivity index (χ3n) is 2.40. The topological polar surface area (TPSA) is 49.8 Å². The van der Waals surface area contributed by atoms with Crippen molar-refractivity contribution in [2.24, 2.45) is 0 Å². The van der Waals surface area contributed by atoms with Gasteiger partial charge in [0.25, 0.3) is 0 Å². The van der Waals surface area contributed by atoms with Crippen LogP contribution in [0.25, 0.3) is 0 Å². The molecule has 0 spiro atoms. The van der Waals surface area contributed by atoms with Crippen molar-refractivity contribution in [2.75, 3.05) is 17.2 Å². The molecule has 0 aliphatic carbocycles. The lowest BCUT2D eigenvalue weighted by Crippen LogP contribution is -2.05. The number of nitrogens with one attached hydrogen (secondary N) is 2. The van der Waals surface area contributed by atoms with Gasteiger partial charge in [0.1, 0.15) is 5.82 Å². The highest BCUT2D eigenvalue weighted by atomic mass is 79.9. The standard InChI is InChI=1S/C13H14Br2N4/c1-2-7-16-13-17-8-6-11(19-13)18-12-9(14)4-3-5-10(12)15/h3-6,8H,2,7H2,1H3,(H2,16,17,18,19). The summed E-state index contributed by atoms with van der Waals surface area (Å²) in [5.41, 5.74) is 0.947. The Labute approximate surface area is 129 Å². The maximum Gasteiger partial charge on any atom is 0.224 e. The Kier molecular flexibility index (Phi) is 5.15. The molecule has 4 nitrogen and oxygen atoms in total. The molecule has 2 rings (SSSR count). The number of hydrogen-bond donors (Lipinski definition) is 2. The van der Waals surface area contributed by atoms with Gasteiger partial charge in [0.2, 0.25) is 5.95 Å². The zero-order valence-electron chi connectivity index (χ0n) is 10.5. The molecule has 0 radical (unpaired) electrons. The Hall–Kier alpha value is -1.14. The smallest absolute Gasteiger partial charge is 0.224 e. The van der Waals surface area contributed by atoms with E-state index in [-0.39, 0.29) is 0 Å². The van der Waals surface area contributed by atoms with Gasteiger partial charge in [-0.2, -0.15) is 4.98 Å². The minimum atomic E-state index is 0.634. The molecule has 19 heavy (non-hydrogen) atoms. The van der Waals surface area contributed by atoms with E-state index in [0.29, 0.717) is 5.95 Å². The van der Waals surface area contributed by atoms with Gasteiger partial charge in [-0.05, 0) is 56.5 Å². The van der Waals surface area contributed by atoms with Crippen LogP contribution >= 0.6 is 31.9 Å². The van der Waals surface area contributed by atoms with Crippen molar-refractivity contribution in [1.29, 1.82) is 0 Å². The first kappa shape index (κ1) is 14.3. The molecule has 0 atom stereocenters. The Morgan fingerprint density at radius 3 is 2.58 bits per heavy atom. The fourth-order valence-electron chi connectivity index (χ4n) is 1.50. The van der Waals surface area contributed by atoms with Crippen molar-refractivity contribution in [3.05, 3.63) is 39.4 Å². The van der Waals surface area contributed by atoms with Crippen LogP contribution in [0.15, 0.2) is 39.4 Å². The number of anilines is 3. The largest absolute Gasteiger partial charge is 0.354 e. The van der Waals surface area contributed by atoms with Crippen LogP contribution in [-0.2, 0) is 0 Å². The van der Waals surface area contributed by atoms with Crippen LogP contribution in [0.1, 0.15) is 13.3 Å². The molecule has 1 aromatic carbocycles. The summed E-state index contributed by atoms with van der Waals surface area (Å²) in [6, 6.07) is 7.76. The lowest BCUT2D eigenvalue weighted by Gasteiger charge is -2.11. The molecule has 0 bridgehead atoms. The highest BCUT2D eigenvalue weighted by Gasteiger charge is 2.06. The zero-order valence-corrected chi connectivity index (χ0v) is 13.6. The molecule has 0 amide bonds. The third kappa shape index (κ3) is 3.91. The van der Waals surface area contributed by atoms with Crippen molar-refractivity contribution in [2.45, 2.75) is 13.3 Å². The average Bonchev–Trinajstić information content (AvgIpc) is 2.41. The third-order valence-corrected chi connectivity index (χ3v) is 3.73. The fraction of sp³-hybridized carbons (Fsp3) is 0.231. The number of rotatable bonds is 5. The van der Waals surface area contributed by atoms with Crippen LogP contribution in [0.5, 0.6) is 0 Å². The summed E-state index contributed by atoms with van der Waals surface area (Å²) in [4.78, 5) is 8.59. The quantitative estimate of drug-likeness (QED) is 0.791. The van der Waals surface area contributed by atoms with E-state index in [2.05, 4.69) is 59.4 Å². The molecule has 100 valence electrons. The summed E-state index contributed by atoms with van der Waals surface area (Å²) in [5.74, 6) is 1.39. The van der Waals surface area contributed by atoms with Crippen molar-refractivity contribution in [3.63, 3.8) is 0 Å². The van der Waals surface area contributed by atoms with Crippen LogP contribution < -0.4 is 10.6 Å². The van der Waals surface area contributed by atoms with Gasteiger partial charge in [0.05, 0.1) is 5.69 Å². The molecule has 1 aromatic heterocycles. The molecule has 2 aromatic rings. The van der Waals surface area contributed by atoms with Gasteiger partial charge < -0.3 is 10.6 Å². The summed E-state index contributed by atoms with van der Waals surface area (Å²) < 4.78 is 1.95. The molecule has 0 aliphatic rings. The predicted molar refractivity (Wildman–Crippen MR) is 85.9 cm³/mol. The van der Waals surface area contributed by atoms with E-state index in [1.165, 1.54) is 0 Å². The van der Waals surface area contributed by atoms with Gasteiger partial charge in [-0.15, -0.1) is 0 Å². The lowest BCUT2D eigenvalue weighted by atomic mass is 10.3. The molecule has 0 saturated heterocycles. The fourth-order valence-corrected chi connectivity index (χ4v) is 2.69. The van der Waals surface area contributed by atoms with E-state index < -0.39 is 0 Å². The highest BCUT2D eigenvalue weighted by Crippen LogP contribution is 2.32. The number of benzene rings is 1. The zero-order chi connectivity index (χ0) is 13.7. The van der Waals surface area contributed by atoms with Crippen LogP contribution in [0.4, 0.5) is 17.5 Å². The highest BCUT2D eigenvalue weighted by molar-refractivity contribution is 9.11. The number of para-hydroxylation sites is 1. The minimum absolute atomic E-state index is 0.634.